The topological polar surface area (TPSA) is 138 Å². The number of aromatic nitrogens is 2. The predicted octanol–water partition coefficient (Wildman–Crippen LogP) is 1.56. The van der Waals surface area contributed by atoms with Crippen LogP contribution in [-0.2, 0) is 19.6 Å². The number of rotatable bonds is 6. The second-order valence-electron chi connectivity index (χ2n) is 6.12. The summed E-state index contributed by atoms with van der Waals surface area (Å²) in [5, 5.41) is 0. The van der Waals surface area contributed by atoms with Gasteiger partial charge in [0.15, 0.2) is 0 Å². The molecule has 0 radical (unpaired) electrons. The van der Waals surface area contributed by atoms with E-state index in [9.17, 15) is 22.8 Å². The Morgan fingerprint density at radius 2 is 1.79 bits per heavy atom. The number of carbonyl (C=O) groups is 1. The average Bonchev–Trinajstić information content (AvgIpc) is 2.67. The van der Waals surface area contributed by atoms with Crippen LogP contribution in [0.5, 0.6) is 0 Å². The maximum atomic E-state index is 12.9. The summed E-state index contributed by atoms with van der Waals surface area (Å²) < 4.78 is 33.7. The molecule has 3 N–H and O–H groups in total. The molecule has 1 heterocycles. The number of sulfonamides is 1. The Labute approximate surface area is 173 Å². The van der Waals surface area contributed by atoms with Gasteiger partial charge in [0.1, 0.15) is 0 Å². The number of halogens is 1. The van der Waals surface area contributed by atoms with Gasteiger partial charge in [0.2, 0.25) is 10.0 Å². The van der Waals surface area contributed by atoms with Crippen LogP contribution in [-0.4, -0.2) is 31.5 Å². The SMILES string of the molecule is COC(=O)CC(NS(=O)(=O)c1ccc2[nH]c(=O)c(=O)[nH]c2c1)c1cccc(Br)c1. The number of aromatic amines is 2. The first-order valence-corrected chi connectivity index (χ1v) is 10.6. The van der Waals surface area contributed by atoms with Crippen LogP contribution in [0, 0.1) is 0 Å². The Morgan fingerprint density at radius 1 is 1.10 bits per heavy atom. The summed E-state index contributed by atoms with van der Waals surface area (Å²) in [6, 6.07) is 9.87. The first-order chi connectivity index (χ1) is 13.7. The lowest BCUT2D eigenvalue weighted by Crippen LogP contribution is -2.31. The van der Waals surface area contributed by atoms with Crippen molar-refractivity contribution in [3.63, 3.8) is 0 Å². The fourth-order valence-electron chi connectivity index (χ4n) is 2.72. The van der Waals surface area contributed by atoms with Gasteiger partial charge in [-0.05, 0) is 35.9 Å². The second kappa shape index (κ2) is 8.31. The van der Waals surface area contributed by atoms with Crippen LogP contribution in [0.15, 0.2) is 61.4 Å². The minimum Gasteiger partial charge on any atom is -0.469 e. The smallest absolute Gasteiger partial charge is 0.314 e. The molecule has 1 aromatic heterocycles. The lowest BCUT2D eigenvalue weighted by atomic mass is 10.1. The Bertz CT molecular complexity index is 1300. The van der Waals surface area contributed by atoms with Gasteiger partial charge in [0, 0.05) is 4.47 Å². The van der Waals surface area contributed by atoms with Crippen molar-refractivity contribution in [3.05, 3.63) is 73.2 Å². The standard InChI is InChI=1S/C18H16BrN3O6S/c1-28-16(23)9-14(10-3-2-4-11(19)7-10)22-29(26,27)12-5-6-13-15(8-12)21-18(25)17(24)20-13/h2-8,14,22H,9H2,1H3,(H,20,24)(H,21,25). The third kappa shape index (κ3) is 4.81. The van der Waals surface area contributed by atoms with Gasteiger partial charge in [-0.2, -0.15) is 0 Å². The zero-order valence-electron chi connectivity index (χ0n) is 15.1. The lowest BCUT2D eigenvalue weighted by molar-refractivity contribution is -0.141. The normalized spacial score (nSPS) is 12.6. The molecule has 0 saturated heterocycles. The highest BCUT2D eigenvalue weighted by Gasteiger charge is 2.24. The number of esters is 1. The van der Waals surface area contributed by atoms with E-state index in [-0.39, 0.29) is 22.3 Å². The molecule has 3 rings (SSSR count). The summed E-state index contributed by atoms with van der Waals surface area (Å²) in [6.45, 7) is 0. The van der Waals surface area contributed by atoms with E-state index in [1.54, 1.807) is 24.3 Å². The number of hydrogen-bond acceptors (Lipinski definition) is 6. The van der Waals surface area contributed by atoms with Crippen molar-refractivity contribution in [1.82, 2.24) is 14.7 Å². The molecule has 29 heavy (non-hydrogen) atoms. The zero-order chi connectivity index (χ0) is 21.2. The van der Waals surface area contributed by atoms with Crippen LogP contribution < -0.4 is 15.8 Å². The summed E-state index contributed by atoms with van der Waals surface area (Å²) in [6.07, 6.45) is -0.218. The van der Waals surface area contributed by atoms with E-state index in [1.807, 2.05) is 0 Å². The molecule has 1 unspecified atom stereocenters. The molecule has 0 fully saturated rings. The summed E-state index contributed by atoms with van der Waals surface area (Å²) in [7, 11) is -2.86. The lowest BCUT2D eigenvalue weighted by Gasteiger charge is -2.19. The molecule has 0 amide bonds. The van der Waals surface area contributed by atoms with Gasteiger partial charge in [-0.3, -0.25) is 14.4 Å². The quantitative estimate of drug-likeness (QED) is 0.360. The number of benzene rings is 2. The number of carbonyl (C=O) groups excluding carboxylic acids is 1. The molecular weight excluding hydrogens is 466 g/mol. The summed E-state index contributed by atoms with van der Waals surface area (Å²) in [4.78, 5) is 39.3. The highest BCUT2D eigenvalue weighted by Crippen LogP contribution is 2.24. The van der Waals surface area contributed by atoms with E-state index in [2.05, 4.69) is 35.4 Å². The molecule has 3 aromatic rings. The second-order valence-corrected chi connectivity index (χ2v) is 8.75. The van der Waals surface area contributed by atoms with Crippen molar-refractivity contribution < 1.29 is 17.9 Å². The molecule has 0 aliphatic heterocycles. The molecular formula is C18H16BrN3O6S. The molecule has 2 aromatic carbocycles. The van der Waals surface area contributed by atoms with Gasteiger partial charge in [0.05, 0.1) is 35.5 Å². The van der Waals surface area contributed by atoms with Gasteiger partial charge >= 0.3 is 17.1 Å². The van der Waals surface area contributed by atoms with E-state index in [1.165, 1.54) is 25.3 Å². The Kier molecular flexibility index (Phi) is 6.01. The Balaban J connectivity index is 2.00. The number of H-pyrrole nitrogens is 2. The maximum Gasteiger partial charge on any atom is 0.314 e. The molecule has 152 valence electrons. The van der Waals surface area contributed by atoms with Crippen molar-refractivity contribution in [2.45, 2.75) is 17.4 Å². The molecule has 0 bridgehead atoms. The van der Waals surface area contributed by atoms with Crippen molar-refractivity contribution in [2.75, 3.05) is 7.11 Å². The first-order valence-electron chi connectivity index (χ1n) is 8.30. The average molecular weight is 482 g/mol. The van der Waals surface area contributed by atoms with Gasteiger partial charge in [0.25, 0.3) is 0 Å². The third-order valence-corrected chi connectivity index (χ3v) is 6.11. The minimum absolute atomic E-state index is 0.141. The van der Waals surface area contributed by atoms with Crippen LogP contribution in [0.1, 0.15) is 18.0 Å². The molecule has 0 aliphatic carbocycles. The van der Waals surface area contributed by atoms with Gasteiger partial charge < -0.3 is 14.7 Å². The third-order valence-electron chi connectivity index (χ3n) is 4.15. The number of fused-ring (bicyclic) bond motifs is 1. The van der Waals surface area contributed by atoms with Gasteiger partial charge in [-0.25, -0.2) is 13.1 Å². The molecule has 1 atom stereocenters. The van der Waals surface area contributed by atoms with Crippen molar-refractivity contribution >= 4 is 43.0 Å². The summed E-state index contributed by atoms with van der Waals surface area (Å²) in [5.74, 6) is -0.585. The van der Waals surface area contributed by atoms with Crippen LogP contribution >= 0.6 is 15.9 Å². The van der Waals surface area contributed by atoms with Crippen molar-refractivity contribution in [3.8, 4) is 0 Å². The van der Waals surface area contributed by atoms with Crippen LogP contribution in [0.25, 0.3) is 11.0 Å². The summed E-state index contributed by atoms with van der Waals surface area (Å²) >= 11 is 3.32. The number of hydrogen-bond donors (Lipinski definition) is 3. The van der Waals surface area contributed by atoms with E-state index >= 15 is 0 Å². The molecule has 9 nitrogen and oxygen atoms in total. The molecule has 11 heteroatoms. The van der Waals surface area contributed by atoms with Crippen LogP contribution in [0.3, 0.4) is 0 Å². The zero-order valence-corrected chi connectivity index (χ0v) is 17.5. The fraction of sp³-hybridized carbons (Fsp3) is 0.167. The van der Waals surface area contributed by atoms with E-state index in [0.717, 1.165) is 4.47 Å². The highest BCUT2D eigenvalue weighted by atomic mass is 79.9. The first kappa shape index (κ1) is 21.0. The fourth-order valence-corrected chi connectivity index (χ4v) is 4.38. The van der Waals surface area contributed by atoms with Gasteiger partial charge in [-0.1, -0.05) is 28.1 Å². The number of nitrogens with one attached hydrogen (secondary N) is 3. The van der Waals surface area contributed by atoms with Crippen molar-refractivity contribution in [2.24, 2.45) is 0 Å². The van der Waals surface area contributed by atoms with Gasteiger partial charge in [-0.15, -0.1) is 0 Å². The van der Waals surface area contributed by atoms with E-state index in [0.29, 0.717) is 5.56 Å². The minimum atomic E-state index is -4.08. The predicted molar refractivity (Wildman–Crippen MR) is 109 cm³/mol. The van der Waals surface area contributed by atoms with E-state index in [4.69, 9.17) is 0 Å². The number of ether oxygens (including phenoxy) is 1. The van der Waals surface area contributed by atoms with Crippen LogP contribution in [0.4, 0.5) is 0 Å². The van der Waals surface area contributed by atoms with Crippen molar-refractivity contribution in [1.29, 1.82) is 0 Å². The van der Waals surface area contributed by atoms with E-state index < -0.39 is 33.2 Å². The number of methoxy groups -OCH3 is 1. The highest BCUT2D eigenvalue weighted by molar-refractivity contribution is 9.10. The Morgan fingerprint density at radius 3 is 2.45 bits per heavy atom. The maximum absolute atomic E-state index is 12.9. The molecule has 0 spiro atoms. The van der Waals surface area contributed by atoms with Crippen LogP contribution in [0.2, 0.25) is 0 Å². The molecule has 0 saturated carbocycles. The largest absolute Gasteiger partial charge is 0.469 e. The monoisotopic (exact) mass is 481 g/mol. The molecule has 0 aliphatic rings. The Hall–Kier alpha value is -2.76. The summed E-state index contributed by atoms with van der Waals surface area (Å²) in [5.41, 5.74) is -0.722.